The molecule has 1 aliphatic rings. The summed E-state index contributed by atoms with van der Waals surface area (Å²) in [7, 11) is 0. The van der Waals surface area contributed by atoms with Crippen molar-refractivity contribution in [3.05, 3.63) is 77.9 Å². The van der Waals surface area contributed by atoms with Crippen molar-refractivity contribution in [1.82, 2.24) is 0 Å². The lowest BCUT2D eigenvalue weighted by Gasteiger charge is -2.30. The van der Waals surface area contributed by atoms with Crippen LogP contribution in [0, 0.1) is 17.6 Å². The Labute approximate surface area is 215 Å². The lowest BCUT2D eigenvalue weighted by atomic mass is 9.76. The highest BCUT2D eigenvalue weighted by Gasteiger charge is 2.32. The van der Waals surface area contributed by atoms with Crippen molar-refractivity contribution in [2.24, 2.45) is 5.92 Å². The summed E-state index contributed by atoms with van der Waals surface area (Å²) in [6, 6.07) is 14.7. The fourth-order valence-electron chi connectivity index (χ4n) is 4.98. The van der Waals surface area contributed by atoms with Gasteiger partial charge in [0.1, 0.15) is 17.3 Å². The van der Waals surface area contributed by atoms with Gasteiger partial charge in [-0.1, -0.05) is 63.9 Å². The molecule has 0 unspecified atom stereocenters. The van der Waals surface area contributed by atoms with Gasteiger partial charge < -0.3 is 9.47 Å². The van der Waals surface area contributed by atoms with Crippen LogP contribution in [0.2, 0.25) is 0 Å². The first kappa shape index (κ1) is 28.5. The summed E-state index contributed by atoms with van der Waals surface area (Å²) >= 11 is 0. The first-order valence-electron chi connectivity index (χ1n) is 12.4. The minimum absolute atomic E-state index is 0. The monoisotopic (exact) mass is 520 g/mol. The first-order chi connectivity index (χ1) is 17.2. The molecule has 7 heteroatoms. The third-order valence-electron chi connectivity index (χ3n) is 6.79. The number of rotatable bonds is 8. The van der Waals surface area contributed by atoms with E-state index in [1.165, 1.54) is 18.2 Å². The van der Waals surface area contributed by atoms with Crippen LogP contribution in [0.5, 0.6) is 17.2 Å². The summed E-state index contributed by atoms with van der Waals surface area (Å²) < 4.78 is 78.6. The second-order valence-electron chi connectivity index (χ2n) is 9.31. The molecular weight excluding hydrogens is 487 g/mol. The zero-order valence-electron chi connectivity index (χ0n) is 20.1. The molecular formula is C30H33F5O2. The maximum absolute atomic E-state index is 16.0. The lowest BCUT2D eigenvalue weighted by Crippen LogP contribution is -2.17. The van der Waals surface area contributed by atoms with Crippen molar-refractivity contribution in [2.75, 3.05) is 0 Å². The molecule has 0 spiro atoms. The van der Waals surface area contributed by atoms with Crippen LogP contribution in [-0.2, 0) is 0 Å². The summed E-state index contributed by atoms with van der Waals surface area (Å²) in [4.78, 5) is 0. The number of ether oxygens (including phenoxy) is 2. The number of alkyl halides is 3. The highest BCUT2D eigenvalue weighted by Crippen LogP contribution is 2.45. The number of halogens is 5. The van der Waals surface area contributed by atoms with Gasteiger partial charge in [0, 0.05) is 11.1 Å². The molecule has 3 aromatic rings. The van der Waals surface area contributed by atoms with Gasteiger partial charge in [-0.2, -0.15) is 0 Å². The summed E-state index contributed by atoms with van der Waals surface area (Å²) in [5.41, 5.74) is 0.828. The number of hydrogen-bond donors (Lipinski definition) is 0. The normalized spacial score (nSPS) is 17.7. The molecule has 0 N–H and O–H groups in total. The Kier molecular flexibility index (Phi) is 9.57. The maximum atomic E-state index is 16.0. The van der Waals surface area contributed by atoms with Crippen molar-refractivity contribution in [1.29, 1.82) is 0 Å². The Morgan fingerprint density at radius 2 is 1.49 bits per heavy atom. The van der Waals surface area contributed by atoms with E-state index in [4.69, 9.17) is 4.74 Å². The van der Waals surface area contributed by atoms with E-state index >= 15 is 8.78 Å². The van der Waals surface area contributed by atoms with Gasteiger partial charge in [-0.3, -0.25) is 0 Å². The highest BCUT2D eigenvalue weighted by atomic mass is 19.4. The topological polar surface area (TPSA) is 18.5 Å². The molecule has 1 saturated carbocycles. The van der Waals surface area contributed by atoms with Crippen LogP contribution in [-0.4, -0.2) is 6.36 Å². The standard InChI is InChI=1S/C29H29F5O2.CH4/c1-2-3-7-19-10-12-21(13-11-19)26-25(30)18-24(20-8-5-4-6-9-20)28(27(26)31)35-22-14-16-23(17-15-22)36-29(32,33)34;/h4-6,8-9,14-19,21H,2-3,7,10-13H2,1H3;1H4/t19-,21-;. The number of benzene rings is 3. The summed E-state index contributed by atoms with van der Waals surface area (Å²) in [5.74, 6) is -1.48. The predicted octanol–water partition coefficient (Wildman–Crippen LogP) is 10.4. The minimum atomic E-state index is -4.82. The third kappa shape index (κ3) is 7.24. The molecule has 200 valence electrons. The lowest BCUT2D eigenvalue weighted by molar-refractivity contribution is -0.274. The summed E-state index contributed by atoms with van der Waals surface area (Å²) in [5, 5.41) is 0. The molecule has 0 aliphatic heterocycles. The molecule has 2 nitrogen and oxygen atoms in total. The molecule has 0 saturated heterocycles. The average Bonchev–Trinajstić information content (AvgIpc) is 2.86. The Balaban J connectivity index is 0.00000380. The molecule has 0 atom stereocenters. The fraction of sp³-hybridized carbons (Fsp3) is 0.400. The zero-order chi connectivity index (χ0) is 25.7. The maximum Gasteiger partial charge on any atom is 0.573 e. The fourth-order valence-corrected chi connectivity index (χ4v) is 4.98. The Morgan fingerprint density at radius 1 is 0.865 bits per heavy atom. The molecule has 1 fully saturated rings. The van der Waals surface area contributed by atoms with Gasteiger partial charge in [0.25, 0.3) is 0 Å². The predicted molar refractivity (Wildman–Crippen MR) is 136 cm³/mol. The van der Waals surface area contributed by atoms with Gasteiger partial charge in [-0.15, -0.1) is 13.2 Å². The average molecular weight is 521 g/mol. The SMILES string of the molecule is C.CCCC[C@H]1CC[C@H](c2c(F)cc(-c3ccccc3)c(Oc3ccc(OC(F)(F)F)cc3)c2F)CC1. The van der Waals surface area contributed by atoms with Crippen molar-refractivity contribution < 1.29 is 31.4 Å². The van der Waals surface area contributed by atoms with Gasteiger partial charge in [-0.05, 0) is 73.4 Å². The molecule has 37 heavy (non-hydrogen) atoms. The molecule has 0 heterocycles. The van der Waals surface area contributed by atoms with Crippen LogP contribution < -0.4 is 9.47 Å². The van der Waals surface area contributed by atoms with Gasteiger partial charge >= 0.3 is 6.36 Å². The van der Waals surface area contributed by atoms with Gasteiger partial charge in [-0.25, -0.2) is 8.78 Å². The van der Waals surface area contributed by atoms with Crippen LogP contribution in [0.25, 0.3) is 11.1 Å². The van der Waals surface area contributed by atoms with Crippen molar-refractivity contribution in [2.45, 2.75) is 71.6 Å². The molecule has 0 bridgehead atoms. The molecule has 0 radical (unpaired) electrons. The van der Waals surface area contributed by atoms with Gasteiger partial charge in [0.05, 0.1) is 0 Å². The van der Waals surface area contributed by atoms with Crippen molar-refractivity contribution in [3.8, 4) is 28.4 Å². The Hall–Kier alpha value is -3.09. The van der Waals surface area contributed by atoms with Crippen LogP contribution in [0.3, 0.4) is 0 Å². The van der Waals surface area contributed by atoms with E-state index in [0.717, 1.165) is 44.2 Å². The van der Waals surface area contributed by atoms with E-state index in [2.05, 4.69) is 11.7 Å². The minimum Gasteiger partial charge on any atom is -0.454 e. The van der Waals surface area contributed by atoms with Crippen LogP contribution in [0.15, 0.2) is 60.7 Å². The van der Waals surface area contributed by atoms with Crippen LogP contribution in [0.1, 0.15) is 70.8 Å². The van der Waals surface area contributed by atoms with E-state index in [9.17, 15) is 13.2 Å². The second kappa shape index (κ2) is 12.4. The summed E-state index contributed by atoms with van der Waals surface area (Å²) in [6.45, 7) is 2.16. The van der Waals surface area contributed by atoms with Crippen LogP contribution >= 0.6 is 0 Å². The van der Waals surface area contributed by atoms with E-state index < -0.39 is 23.7 Å². The Bertz CT molecular complexity index is 1140. The van der Waals surface area contributed by atoms with Crippen molar-refractivity contribution >= 4 is 0 Å². The molecule has 0 amide bonds. The molecule has 4 rings (SSSR count). The van der Waals surface area contributed by atoms with Crippen molar-refractivity contribution in [3.63, 3.8) is 0 Å². The van der Waals surface area contributed by atoms with E-state index in [1.54, 1.807) is 30.3 Å². The highest BCUT2D eigenvalue weighted by molar-refractivity contribution is 5.72. The van der Waals surface area contributed by atoms with Crippen LogP contribution in [0.4, 0.5) is 22.0 Å². The first-order valence-corrected chi connectivity index (χ1v) is 12.4. The quantitative estimate of drug-likeness (QED) is 0.275. The Morgan fingerprint density at radius 3 is 2.08 bits per heavy atom. The number of unbranched alkanes of at least 4 members (excludes halogenated alkanes) is 1. The zero-order valence-corrected chi connectivity index (χ0v) is 20.1. The smallest absolute Gasteiger partial charge is 0.454 e. The third-order valence-corrected chi connectivity index (χ3v) is 6.79. The van der Waals surface area contributed by atoms with Gasteiger partial charge in [0.2, 0.25) is 0 Å². The number of hydrogen-bond acceptors (Lipinski definition) is 2. The second-order valence-corrected chi connectivity index (χ2v) is 9.31. The van der Waals surface area contributed by atoms with Gasteiger partial charge in [0.15, 0.2) is 11.6 Å². The van der Waals surface area contributed by atoms with E-state index in [1.807, 2.05) is 0 Å². The van der Waals surface area contributed by atoms with E-state index in [0.29, 0.717) is 24.3 Å². The molecule has 3 aromatic carbocycles. The molecule has 0 aromatic heterocycles. The molecule has 1 aliphatic carbocycles. The van der Waals surface area contributed by atoms with E-state index in [-0.39, 0.29) is 36.0 Å². The largest absolute Gasteiger partial charge is 0.573 e. The summed E-state index contributed by atoms with van der Waals surface area (Å²) in [6.07, 6.45) is 1.88.